The van der Waals surface area contributed by atoms with Gasteiger partial charge in [-0.3, -0.25) is 0 Å². The first-order valence-corrected chi connectivity index (χ1v) is 7.06. The lowest BCUT2D eigenvalue weighted by Crippen LogP contribution is -2.22. The maximum Gasteiger partial charge on any atom is 0.332 e. The van der Waals surface area contributed by atoms with Crippen molar-refractivity contribution < 1.29 is 14.6 Å². The molecule has 4 heteroatoms. The van der Waals surface area contributed by atoms with Gasteiger partial charge in [0.1, 0.15) is 0 Å². The van der Waals surface area contributed by atoms with Crippen LogP contribution in [0.1, 0.15) is 6.42 Å². The maximum atomic E-state index is 10.8. The van der Waals surface area contributed by atoms with E-state index in [0.717, 1.165) is 10.6 Å². The van der Waals surface area contributed by atoms with E-state index in [4.69, 9.17) is 9.84 Å². The van der Waals surface area contributed by atoms with E-state index >= 15 is 0 Å². The number of hydrogen-bond acceptors (Lipinski definition) is 3. The molecule has 0 heterocycles. The van der Waals surface area contributed by atoms with Crippen LogP contribution in [0.25, 0.3) is 10.8 Å². The molecule has 100 valence electrons. The van der Waals surface area contributed by atoms with Crippen LogP contribution in [-0.4, -0.2) is 30.0 Å². The molecular weight excluding hydrogens is 260 g/mol. The van der Waals surface area contributed by atoms with Crippen LogP contribution in [0, 0.1) is 0 Å². The van der Waals surface area contributed by atoms with Gasteiger partial charge < -0.3 is 9.84 Å². The summed E-state index contributed by atoms with van der Waals surface area (Å²) < 4.78 is 4.91. The Labute approximate surface area is 116 Å². The van der Waals surface area contributed by atoms with E-state index in [1.54, 1.807) is 11.8 Å². The lowest BCUT2D eigenvalue weighted by Gasteiger charge is -2.09. The Morgan fingerprint density at radius 3 is 2.68 bits per heavy atom. The van der Waals surface area contributed by atoms with E-state index in [2.05, 4.69) is 30.3 Å². The zero-order valence-electron chi connectivity index (χ0n) is 10.7. The van der Waals surface area contributed by atoms with Gasteiger partial charge in [-0.2, -0.15) is 0 Å². The summed E-state index contributed by atoms with van der Waals surface area (Å²) in [5.74, 6) is -0.176. The summed E-state index contributed by atoms with van der Waals surface area (Å²) in [6.45, 7) is 0. The van der Waals surface area contributed by atoms with Gasteiger partial charge >= 0.3 is 5.97 Å². The number of thioether (sulfide) groups is 1. The van der Waals surface area contributed by atoms with Crippen molar-refractivity contribution in [3.8, 4) is 0 Å². The van der Waals surface area contributed by atoms with Gasteiger partial charge in [0.2, 0.25) is 0 Å². The molecule has 0 saturated heterocycles. The third-order valence-electron chi connectivity index (χ3n) is 2.93. The summed E-state index contributed by atoms with van der Waals surface area (Å²) in [6, 6.07) is 14.5. The van der Waals surface area contributed by atoms with Crippen molar-refractivity contribution in [3.05, 3.63) is 42.5 Å². The van der Waals surface area contributed by atoms with Crippen molar-refractivity contribution in [2.75, 3.05) is 12.9 Å². The second-order valence-electron chi connectivity index (χ2n) is 4.21. The average molecular weight is 276 g/mol. The SMILES string of the molecule is COC(CCSc1ccc2ccccc2c1)C(=O)O. The van der Waals surface area contributed by atoms with Crippen LogP contribution in [0.5, 0.6) is 0 Å². The van der Waals surface area contributed by atoms with Gasteiger partial charge in [-0.1, -0.05) is 30.3 Å². The van der Waals surface area contributed by atoms with Gasteiger partial charge in [-0.15, -0.1) is 11.8 Å². The number of rotatable bonds is 6. The molecule has 0 aliphatic heterocycles. The lowest BCUT2D eigenvalue weighted by molar-refractivity contribution is -0.148. The van der Waals surface area contributed by atoms with E-state index < -0.39 is 12.1 Å². The Bertz CT molecular complexity index is 568. The minimum Gasteiger partial charge on any atom is -0.479 e. The monoisotopic (exact) mass is 276 g/mol. The maximum absolute atomic E-state index is 10.8. The standard InChI is InChI=1S/C15H16O3S/c1-18-14(15(16)17)8-9-19-13-7-6-11-4-2-3-5-12(11)10-13/h2-7,10,14H,8-9H2,1H3,(H,16,17). The number of aliphatic carboxylic acids is 1. The number of carboxylic acids is 1. The topological polar surface area (TPSA) is 46.5 Å². The molecule has 2 rings (SSSR count). The van der Waals surface area contributed by atoms with E-state index in [1.807, 2.05) is 12.1 Å². The first-order chi connectivity index (χ1) is 9.20. The number of carboxylic acid groups (broad SMARTS) is 1. The minimum absolute atomic E-state index is 0.503. The highest BCUT2D eigenvalue weighted by molar-refractivity contribution is 7.99. The van der Waals surface area contributed by atoms with Crippen LogP contribution in [0.15, 0.2) is 47.4 Å². The van der Waals surface area contributed by atoms with Gasteiger partial charge in [0.25, 0.3) is 0 Å². The number of benzene rings is 2. The minimum atomic E-state index is -0.901. The number of hydrogen-bond donors (Lipinski definition) is 1. The molecule has 0 saturated carbocycles. The largest absolute Gasteiger partial charge is 0.479 e. The Balaban J connectivity index is 1.96. The summed E-state index contributed by atoms with van der Waals surface area (Å²) in [5.41, 5.74) is 0. The molecule has 0 aromatic heterocycles. The Kier molecular flexibility index (Phi) is 4.82. The zero-order chi connectivity index (χ0) is 13.7. The highest BCUT2D eigenvalue weighted by atomic mass is 32.2. The molecule has 0 fully saturated rings. The zero-order valence-corrected chi connectivity index (χ0v) is 11.5. The molecule has 0 aliphatic carbocycles. The molecule has 19 heavy (non-hydrogen) atoms. The Morgan fingerprint density at radius 1 is 1.26 bits per heavy atom. The molecule has 0 amide bonds. The van der Waals surface area contributed by atoms with Crippen molar-refractivity contribution in [3.63, 3.8) is 0 Å². The van der Waals surface area contributed by atoms with Crippen LogP contribution in [-0.2, 0) is 9.53 Å². The van der Waals surface area contributed by atoms with Crippen LogP contribution in [0.4, 0.5) is 0 Å². The molecule has 3 nitrogen and oxygen atoms in total. The predicted molar refractivity (Wildman–Crippen MR) is 77.7 cm³/mol. The molecular formula is C15H16O3S. The average Bonchev–Trinajstić information content (AvgIpc) is 2.43. The fourth-order valence-corrected chi connectivity index (χ4v) is 2.83. The summed E-state index contributed by atoms with van der Waals surface area (Å²) in [5, 5.41) is 11.3. The molecule has 1 atom stereocenters. The first-order valence-electron chi connectivity index (χ1n) is 6.08. The van der Waals surface area contributed by atoms with E-state index in [1.165, 1.54) is 17.9 Å². The fraction of sp³-hybridized carbons (Fsp3) is 0.267. The van der Waals surface area contributed by atoms with Crippen LogP contribution < -0.4 is 0 Å². The summed E-state index contributed by atoms with van der Waals surface area (Å²) in [6.07, 6.45) is -0.212. The van der Waals surface area contributed by atoms with Crippen LogP contribution in [0.3, 0.4) is 0 Å². The Hall–Kier alpha value is -1.52. The van der Waals surface area contributed by atoms with Gasteiger partial charge in [0.15, 0.2) is 6.10 Å². The number of fused-ring (bicyclic) bond motifs is 1. The third kappa shape index (κ3) is 3.72. The number of carbonyl (C=O) groups is 1. The molecule has 0 spiro atoms. The fourth-order valence-electron chi connectivity index (χ4n) is 1.88. The highest BCUT2D eigenvalue weighted by Gasteiger charge is 2.15. The molecule has 0 bridgehead atoms. The number of methoxy groups -OCH3 is 1. The molecule has 1 unspecified atom stereocenters. The van der Waals surface area contributed by atoms with Gasteiger partial charge in [-0.25, -0.2) is 4.79 Å². The van der Waals surface area contributed by atoms with Gasteiger partial charge in [-0.05, 0) is 29.3 Å². The Morgan fingerprint density at radius 2 is 2.00 bits per heavy atom. The van der Waals surface area contributed by atoms with Crippen LogP contribution >= 0.6 is 11.8 Å². The molecule has 0 aliphatic rings. The smallest absolute Gasteiger partial charge is 0.332 e. The third-order valence-corrected chi connectivity index (χ3v) is 3.96. The molecule has 2 aromatic carbocycles. The normalized spacial score (nSPS) is 12.5. The lowest BCUT2D eigenvalue weighted by atomic mass is 10.1. The molecule has 0 radical (unpaired) electrons. The highest BCUT2D eigenvalue weighted by Crippen LogP contribution is 2.24. The summed E-state index contributed by atoms with van der Waals surface area (Å²) >= 11 is 1.65. The van der Waals surface area contributed by atoms with Crippen molar-refractivity contribution in [1.82, 2.24) is 0 Å². The van der Waals surface area contributed by atoms with Crippen molar-refractivity contribution >= 4 is 28.5 Å². The van der Waals surface area contributed by atoms with Crippen molar-refractivity contribution in [2.45, 2.75) is 17.4 Å². The van der Waals surface area contributed by atoms with Crippen molar-refractivity contribution in [2.24, 2.45) is 0 Å². The van der Waals surface area contributed by atoms with E-state index in [9.17, 15) is 4.79 Å². The first kappa shape index (κ1) is 13.9. The predicted octanol–water partition coefficient (Wildman–Crippen LogP) is 3.42. The number of ether oxygens (including phenoxy) is 1. The molecule has 2 aromatic rings. The second kappa shape index (κ2) is 6.59. The van der Waals surface area contributed by atoms with Crippen LogP contribution in [0.2, 0.25) is 0 Å². The van der Waals surface area contributed by atoms with Gasteiger partial charge in [0, 0.05) is 17.8 Å². The van der Waals surface area contributed by atoms with Crippen molar-refractivity contribution in [1.29, 1.82) is 0 Å². The molecule has 1 N–H and O–H groups in total. The second-order valence-corrected chi connectivity index (χ2v) is 5.38. The summed E-state index contributed by atoms with van der Waals surface area (Å²) in [4.78, 5) is 12.0. The van der Waals surface area contributed by atoms with E-state index in [-0.39, 0.29) is 0 Å². The van der Waals surface area contributed by atoms with E-state index in [0.29, 0.717) is 6.42 Å². The van der Waals surface area contributed by atoms with Gasteiger partial charge in [0.05, 0.1) is 0 Å². The quantitative estimate of drug-likeness (QED) is 0.821. The summed E-state index contributed by atoms with van der Waals surface area (Å²) in [7, 11) is 1.43.